The molecule has 1 aromatic heterocycles. The number of amides is 1. The number of thiocarbonyl (C=S) groups is 1. The van der Waals surface area contributed by atoms with Crippen LogP contribution in [0.15, 0.2) is 40.8 Å². The zero-order chi connectivity index (χ0) is 17.0. The molecule has 0 aliphatic rings. The van der Waals surface area contributed by atoms with Crippen molar-refractivity contribution >= 4 is 34.6 Å². The fraction of sp³-hybridized carbons (Fsp3) is 0.200. The fourth-order valence-corrected chi connectivity index (χ4v) is 1.81. The molecule has 0 saturated heterocycles. The van der Waals surface area contributed by atoms with Crippen LogP contribution < -0.4 is 5.06 Å². The van der Waals surface area contributed by atoms with Crippen molar-refractivity contribution in [2.24, 2.45) is 0 Å². The molecule has 0 bridgehead atoms. The largest absolute Gasteiger partial charge is 0.456 e. The number of non-ortho nitro benzene ring substituents is 1. The first-order valence-corrected chi connectivity index (χ1v) is 7.19. The molecule has 0 aliphatic carbocycles. The second kappa shape index (κ2) is 7.01. The molecule has 0 unspecified atom stereocenters. The zero-order valence-corrected chi connectivity index (χ0v) is 13.3. The Morgan fingerprint density at radius 1 is 1.30 bits per heavy atom. The molecule has 1 amide bonds. The number of nitro groups is 1. The summed E-state index contributed by atoms with van der Waals surface area (Å²) in [4.78, 5) is 28.1. The monoisotopic (exact) mass is 334 g/mol. The van der Waals surface area contributed by atoms with E-state index in [0.29, 0.717) is 17.9 Å². The van der Waals surface area contributed by atoms with Crippen molar-refractivity contribution in [2.75, 3.05) is 5.06 Å². The summed E-state index contributed by atoms with van der Waals surface area (Å²) in [5, 5.41) is 11.9. The van der Waals surface area contributed by atoms with E-state index in [0.717, 1.165) is 5.06 Å². The van der Waals surface area contributed by atoms with Gasteiger partial charge in [-0.3, -0.25) is 14.9 Å². The highest BCUT2D eigenvalue weighted by molar-refractivity contribution is 7.80. The smallest absolute Gasteiger partial charge is 0.326 e. The number of carbonyl (C=O) groups is 1. The molecular formula is C15H14N2O5S. The van der Waals surface area contributed by atoms with Crippen molar-refractivity contribution in [2.45, 2.75) is 20.3 Å². The van der Waals surface area contributed by atoms with Gasteiger partial charge in [0.25, 0.3) is 5.69 Å². The van der Waals surface area contributed by atoms with Gasteiger partial charge in [0.1, 0.15) is 5.76 Å². The highest BCUT2D eigenvalue weighted by Gasteiger charge is 2.24. The van der Waals surface area contributed by atoms with Gasteiger partial charge in [0.05, 0.1) is 10.6 Å². The molecule has 0 saturated carbocycles. The van der Waals surface area contributed by atoms with Crippen LogP contribution in [0.3, 0.4) is 0 Å². The number of nitrogens with zero attached hydrogens (tertiary/aromatic N) is 2. The average molecular weight is 334 g/mol. The topological polar surface area (TPSA) is 85.8 Å². The molecule has 0 aliphatic heterocycles. The number of furan rings is 1. The predicted octanol–water partition coefficient (Wildman–Crippen LogP) is 3.81. The second-order valence-electron chi connectivity index (χ2n) is 4.60. The lowest BCUT2D eigenvalue weighted by Crippen LogP contribution is -2.32. The van der Waals surface area contributed by atoms with Crippen LogP contribution in [0, 0.1) is 17.0 Å². The van der Waals surface area contributed by atoms with Gasteiger partial charge in [-0.15, -0.1) is 5.06 Å². The Balaban J connectivity index is 2.35. The first-order chi connectivity index (χ1) is 10.9. The van der Waals surface area contributed by atoms with Crippen molar-refractivity contribution in [3.05, 3.63) is 58.0 Å². The lowest BCUT2D eigenvalue weighted by atomic mass is 10.2. The SMILES string of the molecule is CCC(=S)ON(C(=O)c1ccc(C)o1)c1ccc([N+](=O)[O-])cc1. The summed E-state index contributed by atoms with van der Waals surface area (Å²) in [6.45, 7) is 3.50. The number of carbonyl (C=O) groups excluding carboxylic acids is 1. The summed E-state index contributed by atoms with van der Waals surface area (Å²) < 4.78 is 5.30. The maximum Gasteiger partial charge on any atom is 0.326 e. The molecule has 7 nitrogen and oxygen atoms in total. The standard InChI is InChI=1S/C15H14N2O5S/c1-3-14(23)22-16(15(18)13-9-4-10(2)21-13)11-5-7-12(8-6-11)17(19)20/h4-9H,3H2,1-2H3. The van der Waals surface area contributed by atoms with E-state index < -0.39 is 10.8 Å². The Labute approximate surface area is 137 Å². The number of benzene rings is 1. The highest BCUT2D eigenvalue weighted by atomic mass is 32.1. The van der Waals surface area contributed by atoms with E-state index in [4.69, 9.17) is 21.5 Å². The predicted molar refractivity (Wildman–Crippen MR) is 87.3 cm³/mol. The van der Waals surface area contributed by atoms with Crippen LogP contribution in [0.4, 0.5) is 11.4 Å². The van der Waals surface area contributed by atoms with Crippen molar-refractivity contribution in [3.8, 4) is 0 Å². The molecule has 0 radical (unpaired) electrons. The van der Waals surface area contributed by atoms with Crippen LogP contribution in [0.25, 0.3) is 0 Å². The van der Waals surface area contributed by atoms with Gasteiger partial charge >= 0.3 is 5.91 Å². The summed E-state index contributed by atoms with van der Waals surface area (Å²) in [6, 6.07) is 8.55. The van der Waals surface area contributed by atoms with E-state index in [-0.39, 0.29) is 16.5 Å². The number of hydrogen-bond acceptors (Lipinski definition) is 6. The van der Waals surface area contributed by atoms with E-state index in [1.54, 1.807) is 19.9 Å². The third kappa shape index (κ3) is 3.92. The van der Waals surface area contributed by atoms with Crippen molar-refractivity contribution < 1.29 is 19.0 Å². The summed E-state index contributed by atoms with van der Waals surface area (Å²) in [5.74, 6) is 0.109. The third-order valence-corrected chi connectivity index (χ3v) is 3.28. The van der Waals surface area contributed by atoms with Gasteiger partial charge in [-0.2, -0.15) is 0 Å². The molecule has 1 aromatic carbocycles. The van der Waals surface area contributed by atoms with Gasteiger partial charge in [0, 0.05) is 18.6 Å². The lowest BCUT2D eigenvalue weighted by molar-refractivity contribution is -0.384. The normalized spacial score (nSPS) is 10.2. The van der Waals surface area contributed by atoms with E-state index >= 15 is 0 Å². The van der Waals surface area contributed by atoms with Gasteiger partial charge < -0.3 is 9.25 Å². The van der Waals surface area contributed by atoms with Gasteiger partial charge in [-0.05, 0) is 43.4 Å². The Morgan fingerprint density at radius 2 is 1.96 bits per heavy atom. The van der Waals surface area contributed by atoms with Gasteiger partial charge in [0.15, 0.2) is 10.8 Å². The minimum Gasteiger partial charge on any atom is -0.456 e. The molecule has 1 heterocycles. The van der Waals surface area contributed by atoms with Crippen molar-refractivity contribution in [1.29, 1.82) is 0 Å². The minimum absolute atomic E-state index is 0.0831. The van der Waals surface area contributed by atoms with Gasteiger partial charge in [-0.25, -0.2) is 0 Å². The first kappa shape index (κ1) is 16.6. The van der Waals surface area contributed by atoms with Crippen molar-refractivity contribution in [1.82, 2.24) is 0 Å². The maximum atomic E-state index is 12.5. The molecular weight excluding hydrogens is 320 g/mol. The average Bonchev–Trinajstić information content (AvgIpc) is 2.98. The van der Waals surface area contributed by atoms with Crippen LogP contribution >= 0.6 is 12.2 Å². The van der Waals surface area contributed by atoms with Gasteiger partial charge in [0.2, 0.25) is 0 Å². The number of rotatable bonds is 4. The fourth-order valence-electron chi connectivity index (χ4n) is 1.74. The Bertz CT molecular complexity index is 739. The Hall–Kier alpha value is -2.74. The summed E-state index contributed by atoms with van der Waals surface area (Å²) in [5.41, 5.74) is 0.221. The number of nitro benzene ring substituents is 1. The minimum atomic E-state index is -0.553. The lowest BCUT2D eigenvalue weighted by Gasteiger charge is -2.21. The molecule has 8 heteroatoms. The van der Waals surface area contributed by atoms with Crippen LogP contribution in [-0.2, 0) is 4.84 Å². The number of aryl methyl sites for hydroxylation is 1. The molecule has 120 valence electrons. The molecule has 0 atom stereocenters. The number of anilines is 1. The van der Waals surface area contributed by atoms with E-state index in [9.17, 15) is 14.9 Å². The molecule has 2 rings (SSSR count). The quantitative estimate of drug-likeness (QED) is 0.480. The molecule has 23 heavy (non-hydrogen) atoms. The number of hydrogen-bond donors (Lipinski definition) is 0. The summed E-state index contributed by atoms with van der Waals surface area (Å²) in [6.07, 6.45) is 0.434. The molecule has 0 N–H and O–H groups in total. The molecule has 2 aromatic rings. The van der Waals surface area contributed by atoms with Crippen LogP contribution in [-0.4, -0.2) is 15.9 Å². The van der Waals surface area contributed by atoms with Crippen molar-refractivity contribution in [3.63, 3.8) is 0 Å². The van der Waals surface area contributed by atoms with E-state index in [2.05, 4.69) is 0 Å². The zero-order valence-electron chi connectivity index (χ0n) is 12.5. The Kier molecular flexibility index (Phi) is 5.07. The summed E-state index contributed by atoms with van der Waals surface area (Å²) >= 11 is 5.02. The van der Waals surface area contributed by atoms with E-state index in [1.807, 2.05) is 0 Å². The maximum absolute atomic E-state index is 12.5. The number of hydroxylamine groups is 1. The second-order valence-corrected chi connectivity index (χ2v) is 5.06. The molecule has 0 spiro atoms. The van der Waals surface area contributed by atoms with Crippen LogP contribution in [0.2, 0.25) is 0 Å². The van der Waals surface area contributed by atoms with Crippen LogP contribution in [0.1, 0.15) is 29.7 Å². The Morgan fingerprint density at radius 3 is 2.43 bits per heavy atom. The first-order valence-electron chi connectivity index (χ1n) is 6.78. The third-order valence-electron chi connectivity index (χ3n) is 2.91. The summed E-state index contributed by atoms with van der Waals surface area (Å²) in [7, 11) is 0. The van der Waals surface area contributed by atoms with Gasteiger partial charge in [-0.1, -0.05) is 6.92 Å². The molecule has 0 fully saturated rings. The highest BCUT2D eigenvalue weighted by Crippen LogP contribution is 2.23. The van der Waals surface area contributed by atoms with Crippen LogP contribution in [0.5, 0.6) is 0 Å². The van der Waals surface area contributed by atoms with E-state index in [1.165, 1.54) is 30.3 Å².